The molecule has 5 heteroatoms. The number of allylic oxidation sites excluding steroid dienone is 1. The van der Waals surface area contributed by atoms with Gasteiger partial charge in [-0.25, -0.2) is 4.39 Å². The first-order valence-electron chi connectivity index (χ1n) is 12.7. The Morgan fingerprint density at radius 2 is 1.32 bits per heavy atom. The summed E-state index contributed by atoms with van der Waals surface area (Å²) < 4.78 is 24.1. The number of carbonyl (C=O) groups excluding carboxylic acids is 2. The zero-order valence-electron chi connectivity index (χ0n) is 21.0. The molecular weight excluding hydrogens is 467 g/mol. The fourth-order valence-corrected chi connectivity index (χ4v) is 3.68. The minimum atomic E-state index is -0.380. The van der Waals surface area contributed by atoms with E-state index in [1.165, 1.54) is 30.3 Å². The Balaban J connectivity index is 1.24. The Bertz CT molecular complexity index is 1160. The lowest BCUT2D eigenvalue weighted by Gasteiger charge is -2.07. The van der Waals surface area contributed by atoms with Crippen LogP contribution in [0.1, 0.15) is 66.4 Å². The highest BCUT2D eigenvalue weighted by molar-refractivity contribution is 6.06. The van der Waals surface area contributed by atoms with Crippen LogP contribution in [0.5, 0.6) is 11.5 Å². The lowest BCUT2D eigenvalue weighted by Crippen LogP contribution is -2.07. The summed E-state index contributed by atoms with van der Waals surface area (Å²) in [5.74, 6) is 0.525. The summed E-state index contributed by atoms with van der Waals surface area (Å²) in [5, 5.41) is 0. The lowest BCUT2D eigenvalue weighted by atomic mass is 10.1. The molecule has 0 unspecified atom stereocenters. The fourth-order valence-electron chi connectivity index (χ4n) is 3.68. The summed E-state index contributed by atoms with van der Waals surface area (Å²) >= 11 is 0. The van der Waals surface area contributed by atoms with E-state index in [2.05, 4.69) is 6.58 Å². The van der Waals surface area contributed by atoms with Gasteiger partial charge in [0, 0.05) is 12.0 Å². The molecule has 0 bridgehead atoms. The minimum Gasteiger partial charge on any atom is -0.494 e. The van der Waals surface area contributed by atoms with E-state index in [1.54, 1.807) is 30.3 Å². The summed E-state index contributed by atoms with van der Waals surface area (Å²) in [7, 11) is 0. The van der Waals surface area contributed by atoms with Crippen LogP contribution in [0.15, 0.2) is 85.5 Å². The average Bonchev–Trinajstić information content (AvgIpc) is 2.92. The standard InChI is InChI=1S/C32H33FO4/c1-2-25-10-19-29(20-11-25)36-24-8-6-4-3-5-7-9-32(35)37-30-21-12-26(13-22-30)14-23-31(34)27-15-17-28(33)18-16-27/h2,10-23H,1,3-9,24H2. The molecule has 0 amide bonds. The fraction of sp³-hybridized carbons (Fsp3) is 0.250. The van der Waals surface area contributed by atoms with Crippen molar-refractivity contribution in [2.24, 2.45) is 0 Å². The van der Waals surface area contributed by atoms with Gasteiger partial charge in [0.1, 0.15) is 17.3 Å². The zero-order chi connectivity index (χ0) is 26.3. The Kier molecular flexibility index (Phi) is 11.3. The molecule has 3 aromatic carbocycles. The summed E-state index contributed by atoms with van der Waals surface area (Å²) in [5.41, 5.74) is 2.30. The topological polar surface area (TPSA) is 52.6 Å². The molecule has 0 N–H and O–H groups in total. The molecule has 0 atom stereocenters. The number of esters is 1. The van der Waals surface area contributed by atoms with Gasteiger partial charge in [0.2, 0.25) is 0 Å². The molecule has 3 rings (SSSR count). The van der Waals surface area contributed by atoms with Crippen molar-refractivity contribution in [2.45, 2.75) is 44.9 Å². The van der Waals surface area contributed by atoms with Crippen LogP contribution in [0.3, 0.4) is 0 Å². The van der Waals surface area contributed by atoms with Crippen molar-refractivity contribution in [3.63, 3.8) is 0 Å². The van der Waals surface area contributed by atoms with Crippen molar-refractivity contribution in [2.75, 3.05) is 6.61 Å². The Morgan fingerprint density at radius 1 is 0.730 bits per heavy atom. The van der Waals surface area contributed by atoms with Crippen LogP contribution in [0, 0.1) is 5.82 Å². The van der Waals surface area contributed by atoms with Crippen LogP contribution in [0.25, 0.3) is 12.2 Å². The number of ether oxygens (including phenoxy) is 2. The van der Waals surface area contributed by atoms with Crippen LogP contribution < -0.4 is 9.47 Å². The van der Waals surface area contributed by atoms with E-state index in [0.29, 0.717) is 24.3 Å². The maximum atomic E-state index is 13.0. The summed E-state index contributed by atoms with van der Waals surface area (Å²) in [6.07, 6.45) is 11.4. The van der Waals surface area contributed by atoms with E-state index in [4.69, 9.17) is 9.47 Å². The third-order valence-electron chi connectivity index (χ3n) is 5.83. The van der Waals surface area contributed by atoms with E-state index in [1.807, 2.05) is 30.3 Å². The van der Waals surface area contributed by atoms with Gasteiger partial charge in [-0.15, -0.1) is 0 Å². The van der Waals surface area contributed by atoms with Gasteiger partial charge in [-0.1, -0.05) is 68.7 Å². The molecule has 0 spiro atoms. The number of hydrogen-bond acceptors (Lipinski definition) is 4. The highest BCUT2D eigenvalue weighted by atomic mass is 19.1. The van der Waals surface area contributed by atoms with Crippen molar-refractivity contribution >= 4 is 23.9 Å². The number of carbonyl (C=O) groups is 2. The highest BCUT2D eigenvalue weighted by Gasteiger charge is 2.05. The molecule has 0 aromatic heterocycles. The normalized spacial score (nSPS) is 10.8. The third kappa shape index (κ3) is 10.3. The molecule has 192 valence electrons. The van der Waals surface area contributed by atoms with Crippen LogP contribution >= 0.6 is 0 Å². The van der Waals surface area contributed by atoms with Gasteiger partial charge in [-0.05, 0) is 78.6 Å². The largest absolute Gasteiger partial charge is 0.494 e. The van der Waals surface area contributed by atoms with E-state index in [0.717, 1.165) is 55.4 Å². The summed E-state index contributed by atoms with van der Waals surface area (Å²) in [4.78, 5) is 24.3. The zero-order valence-corrected chi connectivity index (χ0v) is 21.0. The Morgan fingerprint density at radius 3 is 2.00 bits per heavy atom. The SMILES string of the molecule is C=Cc1ccc(OCCCCCCCCC(=O)Oc2ccc(C=CC(=O)c3ccc(F)cc3)cc2)cc1. The Hall–Kier alpha value is -3.99. The molecule has 0 fully saturated rings. The molecule has 3 aromatic rings. The molecule has 4 nitrogen and oxygen atoms in total. The van der Waals surface area contributed by atoms with E-state index >= 15 is 0 Å². The van der Waals surface area contributed by atoms with Crippen LogP contribution in [-0.4, -0.2) is 18.4 Å². The molecule has 0 aliphatic heterocycles. The van der Waals surface area contributed by atoms with Gasteiger partial charge in [0.15, 0.2) is 5.78 Å². The quantitative estimate of drug-likeness (QED) is 0.0696. The second kappa shape index (κ2) is 15.2. The highest BCUT2D eigenvalue weighted by Crippen LogP contribution is 2.17. The van der Waals surface area contributed by atoms with Crippen LogP contribution in [0.4, 0.5) is 4.39 Å². The number of rotatable bonds is 15. The smallest absolute Gasteiger partial charge is 0.311 e. The second-order valence-corrected chi connectivity index (χ2v) is 8.74. The Labute approximate surface area is 218 Å². The van der Waals surface area contributed by atoms with E-state index in [-0.39, 0.29) is 17.6 Å². The maximum Gasteiger partial charge on any atom is 0.311 e. The molecule has 0 saturated heterocycles. The first kappa shape index (κ1) is 27.6. The van der Waals surface area contributed by atoms with Gasteiger partial charge < -0.3 is 9.47 Å². The van der Waals surface area contributed by atoms with Crippen molar-refractivity contribution in [3.05, 3.63) is 108 Å². The van der Waals surface area contributed by atoms with Crippen molar-refractivity contribution in [1.29, 1.82) is 0 Å². The molecule has 0 radical (unpaired) electrons. The second-order valence-electron chi connectivity index (χ2n) is 8.74. The summed E-state index contributed by atoms with van der Waals surface area (Å²) in [6.45, 7) is 4.45. The molecular formula is C32H33FO4. The van der Waals surface area contributed by atoms with Gasteiger partial charge in [-0.2, -0.15) is 0 Å². The minimum absolute atomic E-state index is 0.210. The van der Waals surface area contributed by atoms with Crippen molar-refractivity contribution < 1.29 is 23.5 Å². The molecule has 0 heterocycles. The predicted molar refractivity (Wildman–Crippen MR) is 146 cm³/mol. The lowest BCUT2D eigenvalue weighted by molar-refractivity contribution is -0.134. The monoisotopic (exact) mass is 500 g/mol. The molecule has 0 saturated carbocycles. The number of ketones is 1. The molecule has 37 heavy (non-hydrogen) atoms. The van der Waals surface area contributed by atoms with Gasteiger partial charge >= 0.3 is 5.97 Å². The van der Waals surface area contributed by atoms with Crippen molar-refractivity contribution in [3.8, 4) is 11.5 Å². The molecule has 0 aliphatic carbocycles. The van der Waals surface area contributed by atoms with Crippen molar-refractivity contribution in [1.82, 2.24) is 0 Å². The maximum absolute atomic E-state index is 13.0. The van der Waals surface area contributed by atoms with Crippen LogP contribution in [0.2, 0.25) is 0 Å². The van der Waals surface area contributed by atoms with Gasteiger partial charge in [0.25, 0.3) is 0 Å². The summed E-state index contributed by atoms with van der Waals surface area (Å²) in [6, 6.07) is 20.3. The van der Waals surface area contributed by atoms with Crippen LogP contribution in [-0.2, 0) is 4.79 Å². The number of hydrogen-bond donors (Lipinski definition) is 0. The van der Waals surface area contributed by atoms with E-state index < -0.39 is 0 Å². The predicted octanol–water partition coefficient (Wildman–Crippen LogP) is 8.08. The number of halogens is 1. The van der Waals surface area contributed by atoms with E-state index in [9.17, 15) is 14.0 Å². The van der Waals surface area contributed by atoms with Gasteiger partial charge in [0.05, 0.1) is 6.61 Å². The first-order valence-corrected chi connectivity index (χ1v) is 12.7. The number of benzene rings is 3. The van der Waals surface area contributed by atoms with Gasteiger partial charge in [-0.3, -0.25) is 9.59 Å². The average molecular weight is 501 g/mol. The third-order valence-corrected chi connectivity index (χ3v) is 5.83. The first-order chi connectivity index (χ1) is 18.0. The number of unbranched alkanes of at least 4 members (excludes halogenated alkanes) is 5. The molecule has 0 aliphatic rings.